The first-order chi connectivity index (χ1) is 13.9. The van der Waals surface area contributed by atoms with Gasteiger partial charge in [0.2, 0.25) is 5.91 Å². The minimum atomic E-state index is -0.284. The standard InChI is InChI=1S/C24H31N3O2/c1-17-8-9-19(12-18(17)2)13-24(29)26(4)23(16-27-11-10-22(28)15-27)20-6-5-7-21(14-20)25-3/h5-9,12,14,22-23,28H,3,10-11,13,15-16H2,1-2,4H3/t22-,23+/m0/s1. The molecule has 1 amide bonds. The van der Waals surface area contributed by atoms with Gasteiger partial charge in [-0.2, -0.15) is 0 Å². The van der Waals surface area contributed by atoms with Crippen LogP contribution in [-0.4, -0.2) is 60.3 Å². The number of likely N-dealkylation sites (tertiary alicyclic amines) is 1. The Morgan fingerprint density at radius 1 is 1.28 bits per heavy atom. The number of aryl methyl sites for hydroxylation is 2. The number of hydrogen-bond donors (Lipinski definition) is 1. The lowest BCUT2D eigenvalue weighted by Crippen LogP contribution is -2.39. The van der Waals surface area contributed by atoms with Gasteiger partial charge >= 0.3 is 0 Å². The number of rotatable bonds is 7. The summed E-state index contributed by atoms with van der Waals surface area (Å²) < 4.78 is 0. The summed E-state index contributed by atoms with van der Waals surface area (Å²) in [5, 5.41) is 9.91. The maximum Gasteiger partial charge on any atom is 0.227 e. The van der Waals surface area contributed by atoms with Crippen LogP contribution >= 0.6 is 0 Å². The van der Waals surface area contributed by atoms with Crippen molar-refractivity contribution >= 4 is 18.3 Å². The molecule has 1 heterocycles. The van der Waals surface area contributed by atoms with Crippen molar-refractivity contribution in [2.75, 3.05) is 26.7 Å². The molecule has 2 aromatic rings. The normalized spacial score (nSPS) is 17.9. The summed E-state index contributed by atoms with van der Waals surface area (Å²) in [5.41, 5.74) is 5.29. The van der Waals surface area contributed by atoms with Crippen LogP contribution in [0.3, 0.4) is 0 Å². The third kappa shape index (κ3) is 5.31. The van der Waals surface area contributed by atoms with Crippen LogP contribution in [0.4, 0.5) is 5.69 Å². The molecule has 0 radical (unpaired) electrons. The summed E-state index contributed by atoms with van der Waals surface area (Å²) in [6.45, 7) is 9.95. The Balaban J connectivity index is 1.81. The summed E-state index contributed by atoms with van der Waals surface area (Å²) in [6.07, 6.45) is 0.866. The van der Waals surface area contributed by atoms with Crippen LogP contribution in [0.15, 0.2) is 47.5 Å². The van der Waals surface area contributed by atoms with Crippen molar-refractivity contribution in [1.29, 1.82) is 0 Å². The number of nitrogens with zero attached hydrogens (tertiary/aromatic N) is 3. The van der Waals surface area contributed by atoms with Crippen LogP contribution in [0, 0.1) is 13.8 Å². The molecule has 0 unspecified atom stereocenters. The molecule has 3 rings (SSSR count). The molecule has 2 aromatic carbocycles. The van der Waals surface area contributed by atoms with Gasteiger partial charge in [-0.3, -0.25) is 14.7 Å². The van der Waals surface area contributed by atoms with Crippen molar-refractivity contribution in [3.63, 3.8) is 0 Å². The number of benzene rings is 2. The van der Waals surface area contributed by atoms with E-state index in [2.05, 4.69) is 42.6 Å². The van der Waals surface area contributed by atoms with Gasteiger partial charge in [-0.25, -0.2) is 0 Å². The number of aliphatic hydroxyl groups excluding tert-OH is 1. The van der Waals surface area contributed by atoms with E-state index >= 15 is 0 Å². The minimum absolute atomic E-state index is 0.0787. The average Bonchev–Trinajstić information content (AvgIpc) is 3.13. The molecule has 0 saturated carbocycles. The predicted molar refractivity (Wildman–Crippen MR) is 118 cm³/mol. The highest BCUT2D eigenvalue weighted by molar-refractivity contribution is 5.79. The van der Waals surface area contributed by atoms with Crippen molar-refractivity contribution in [1.82, 2.24) is 9.80 Å². The monoisotopic (exact) mass is 393 g/mol. The molecule has 0 bridgehead atoms. The zero-order valence-corrected chi connectivity index (χ0v) is 17.6. The fourth-order valence-corrected chi connectivity index (χ4v) is 3.89. The molecular weight excluding hydrogens is 362 g/mol. The van der Waals surface area contributed by atoms with Gasteiger partial charge < -0.3 is 10.0 Å². The zero-order valence-electron chi connectivity index (χ0n) is 17.6. The van der Waals surface area contributed by atoms with Crippen LogP contribution in [0.5, 0.6) is 0 Å². The second-order valence-corrected chi connectivity index (χ2v) is 8.07. The van der Waals surface area contributed by atoms with Gasteiger partial charge in [0, 0.05) is 26.7 Å². The molecule has 0 aliphatic carbocycles. The van der Waals surface area contributed by atoms with E-state index in [9.17, 15) is 9.90 Å². The number of carbonyl (C=O) groups excluding carboxylic acids is 1. The van der Waals surface area contributed by atoms with Gasteiger partial charge in [-0.1, -0.05) is 30.3 Å². The molecule has 5 nitrogen and oxygen atoms in total. The molecule has 0 aromatic heterocycles. The molecule has 1 aliphatic heterocycles. The van der Waals surface area contributed by atoms with Crippen LogP contribution < -0.4 is 0 Å². The van der Waals surface area contributed by atoms with Crippen molar-refractivity contribution in [3.8, 4) is 0 Å². The average molecular weight is 394 g/mol. The Bertz CT molecular complexity index is 880. The summed E-state index contributed by atoms with van der Waals surface area (Å²) in [6, 6.07) is 14.0. The molecule has 154 valence electrons. The summed E-state index contributed by atoms with van der Waals surface area (Å²) in [5.74, 6) is 0.0787. The number of β-amino-alcohol motifs (C(OH)–C–C–N with tert-alkyl or cyclic N) is 1. The highest BCUT2D eigenvalue weighted by Crippen LogP contribution is 2.27. The van der Waals surface area contributed by atoms with Gasteiger partial charge in [0.1, 0.15) is 0 Å². The molecule has 29 heavy (non-hydrogen) atoms. The van der Waals surface area contributed by atoms with E-state index in [1.807, 2.05) is 42.3 Å². The molecule has 1 N–H and O–H groups in total. The van der Waals surface area contributed by atoms with E-state index in [4.69, 9.17) is 0 Å². The topological polar surface area (TPSA) is 56.1 Å². The van der Waals surface area contributed by atoms with Gasteiger partial charge in [0.05, 0.1) is 24.3 Å². The molecule has 2 atom stereocenters. The first-order valence-corrected chi connectivity index (χ1v) is 10.2. The minimum Gasteiger partial charge on any atom is -0.392 e. The Kier molecular flexibility index (Phi) is 6.83. The second kappa shape index (κ2) is 9.33. The highest BCUT2D eigenvalue weighted by Gasteiger charge is 2.28. The second-order valence-electron chi connectivity index (χ2n) is 8.07. The number of likely N-dealkylation sites (N-methyl/N-ethyl adjacent to an activating group) is 1. The largest absolute Gasteiger partial charge is 0.392 e. The smallest absolute Gasteiger partial charge is 0.227 e. The summed E-state index contributed by atoms with van der Waals surface area (Å²) in [7, 11) is 1.87. The van der Waals surface area contributed by atoms with Crippen LogP contribution in [0.1, 0.15) is 34.7 Å². The van der Waals surface area contributed by atoms with E-state index in [-0.39, 0.29) is 18.1 Å². The maximum absolute atomic E-state index is 13.1. The van der Waals surface area contributed by atoms with E-state index < -0.39 is 0 Å². The molecule has 5 heteroatoms. The fraction of sp³-hybridized carbons (Fsp3) is 0.417. The maximum atomic E-state index is 13.1. The van der Waals surface area contributed by atoms with Crippen molar-refractivity contribution < 1.29 is 9.90 Å². The number of amides is 1. The first-order valence-electron chi connectivity index (χ1n) is 10.2. The Hall–Kier alpha value is -2.50. The highest BCUT2D eigenvalue weighted by atomic mass is 16.3. The Labute approximate surface area is 173 Å². The Morgan fingerprint density at radius 3 is 2.72 bits per heavy atom. The molecule has 1 aliphatic rings. The number of aliphatic hydroxyl groups is 1. The molecule has 0 spiro atoms. The number of hydrogen-bond acceptors (Lipinski definition) is 4. The van der Waals surface area contributed by atoms with Crippen LogP contribution in [-0.2, 0) is 11.2 Å². The van der Waals surface area contributed by atoms with Gasteiger partial charge in [0.15, 0.2) is 0 Å². The van der Waals surface area contributed by atoms with Gasteiger partial charge in [0.25, 0.3) is 0 Å². The van der Waals surface area contributed by atoms with Crippen molar-refractivity contribution in [2.45, 2.75) is 38.8 Å². The fourth-order valence-electron chi connectivity index (χ4n) is 3.89. The van der Waals surface area contributed by atoms with E-state index in [1.165, 1.54) is 11.1 Å². The third-order valence-corrected chi connectivity index (χ3v) is 5.90. The van der Waals surface area contributed by atoms with Crippen molar-refractivity contribution in [2.24, 2.45) is 4.99 Å². The van der Waals surface area contributed by atoms with Crippen molar-refractivity contribution in [3.05, 3.63) is 64.7 Å². The van der Waals surface area contributed by atoms with E-state index in [0.717, 1.165) is 29.8 Å². The summed E-state index contributed by atoms with van der Waals surface area (Å²) in [4.78, 5) is 21.2. The van der Waals surface area contributed by atoms with Gasteiger partial charge in [-0.15, -0.1) is 0 Å². The molecule has 1 saturated heterocycles. The first kappa shape index (κ1) is 21.2. The van der Waals surface area contributed by atoms with Gasteiger partial charge in [-0.05, 0) is 61.4 Å². The van der Waals surface area contributed by atoms with E-state index in [1.54, 1.807) is 0 Å². The summed E-state index contributed by atoms with van der Waals surface area (Å²) >= 11 is 0. The molecule has 1 fully saturated rings. The molecular formula is C24H31N3O2. The lowest BCUT2D eigenvalue weighted by atomic mass is 10.0. The zero-order chi connectivity index (χ0) is 21.0. The Morgan fingerprint density at radius 2 is 2.07 bits per heavy atom. The predicted octanol–water partition coefficient (Wildman–Crippen LogP) is 3.44. The third-order valence-electron chi connectivity index (χ3n) is 5.90. The number of aliphatic imine (C=N–C) groups is 1. The quantitative estimate of drug-likeness (QED) is 0.733. The SMILES string of the molecule is C=Nc1cccc([C@@H](CN2CC[C@H](O)C2)N(C)C(=O)Cc2ccc(C)c(C)c2)c1. The lowest BCUT2D eigenvalue weighted by molar-refractivity contribution is -0.131. The van der Waals surface area contributed by atoms with Crippen LogP contribution in [0.25, 0.3) is 0 Å². The number of carbonyl (C=O) groups is 1. The van der Waals surface area contributed by atoms with E-state index in [0.29, 0.717) is 19.5 Å². The van der Waals surface area contributed by atoms with Crippen LogP contribution in [0.2, 0.25) is 0 Å². The lowest BCUT2D eigenvalue weighted by Gasteiger charge is -2.32.